The van der Waals surface area contributed by atoms with Gasteiger partial charge in [-0.05, 0) is 26.7 Å². The highest BCUT2D eigenvalue weighted by Crippen LogP contribution is 2.34. The second-order valence-corrected chi connectivity index (χ2v) is 4.16. The van der Waals surface area contributed by atoms with E-state index in [0.29, 0.717) is 29.9 Å². The van der Waals surface area contributed by atoms with Gasteiger partial charge in [-0.3, -0.25) is 0 Å². The molecule has 1 aliphatic rings. The summed E-state index contributed by atoms with van der Waals surface area (Å²) in [5, 5.41) is 0. The molecule has 16 heavy (non-hydrogen) atoms. The van der Waals surface area contributed by atoms with Crippen LogP contribution in [0.1, 0.15) is 60.7 Å². The zero-order valence-corrected chi connectivity index (χ0v) is 9.78. The molecule has 0 radical (unpaired) electrons. The second kappa shape index (κ2) is 4.68. The van der Waals surface area contributed by atoms with Crippen LogP contribution in [0, 0.1) is 6.92 Å². The average molecular weight is 223 g/mol. The Morgan fingerprint density at radius 1 is 1.50 bits per heavy atom. The van der Waals surface area contributed by atoms with Crippen LogP contribution in [0.15, 0.2) is 4.42 Å². The van der Waals surface area contributed by atoms with Gasteiger partial charge >= 0.3 is 5.97 Å². The minimum Gasteiger partial charge on any atom is -0.461 e. The van der Waals surface area contributed by atoms with Crippen LogP contribution in [0.2, 0.25) is 0 Å². The number of hydrogen-bond donors (Lipinski definition) is 0. The van der Waals surface area contributed by atoms with Gasteiger partial charge in [0, 0.05) is 5.92 Å². The first kappa shape index (κ1) is 11.2. The zero-order valence-electron chi connectivity index (χ0n) is 9.78. The van der Waals surface area contributed by atoms with E-state index in [4.69, 9.17) is 9.15 Å². The lowest BCUT2D eigenvalue weighted by atomic mass is 10.1. The Hall–Kier alpha value is -1.32. The Morgan fingerprint density at radius 2 is 2.19 bits per heavy atom. The maximum Gasteiger partial charge on any atom is 0.360 e. The van der Waals surface area contributed by atoms with Crippen molar-refractivity contribution in [2.75, 3.05) is 6.61 Å². The SMILES string of the molecule is CCOC(=O)c1nc(C2CCCC2)oc1C. The van der Waals surface area contributed by atoms with Crippen LogP contribution in [-0.4, -0.2) is 17.6 Å². The summed E-state index contributed by atoms with van der Waals surface area (Å²) in [6, 6.07) is 0. The molecule has 4 heteroatoms. The van der Waals surface area contributed by atoms with E-state index in [0.717, 1.165) is 12.8 Å². The van der Waals surface area contributed by atoms with E-state index in [1.165, 1.54) is 12.8 Å². The van der Waals surface area contributed by atoms with E-state index in [-0.39, 0.29) is 5.97 Å². The lowest BCUT2D eigenvalue weighted by molar-refractivity contribution is 0.0518. The van der Waals surface area contributed by atoms with Gasteiger partial charge in [0.05, 0.1) is 6.61 Å². The van der Waals surface area contributed by atoms with Crippen molar-refractivity contribution in [1.82, 2.24) is 4.98 Å². The van der Waals surface area contributed by atoms with Crippen molar-refractivity contribution in [1.29, 1.82) is 0 Å². The van der Waals surface area contributed by atoms with Gasteiger partial charge in [-0.25, -0.2) is 9.78 Å². The zero-order chi connectivity index (χ0) is 11.5. The molecule has 0 saturated heterocycles. The average Bonchev–Trinajstić information content (AvgIpc) is 2.86. The van der Waals surface area contributed by atoms with Gasteiger partial charge in [-0.1, -0.05) is 12.8 Å². The third kappa shape index (κ3) is 2.10. The summed E-state index contributed by atoms with van der Waals surface area (Å²) in [7, 11) is 0. The largest absolute Gasteiger partial charge is 0.461 e. The summed E-state index contributed by atoms with van der Waals surface area (Å²) >= 11 is 0. The third-order valence-electron chi connectivity index (χ3n) is 2.99. The molecule has 0 N–H and O–H groups in total. The molecule has 1 aromatic rings. The molecule has 0 aromatic carbocycles. The number of ether oxygens (including phenoxy) is 1. The third-order valence-corrected chi connectivity index (χ3v) is 2.99. The molecule has 4 nitrogen and oxygen atoms in total. The van der Waals surface area contributed by atoms with E-state index in [1.54, 1.807) is 13.8 Å². The summed E-state index contributed by atoms with van der Waals surface area (Å²) in [5.41, 5.74) is 0.337. The van der Waals surface area contributed by atoms with Crippen molar-refractivity contribution in [3.63, 3.8) is 0 Å². The van der Waals surface area contributed by atoms with Gasteiger partial charge < -0.3 is 9.15 Å². The molecule has 88 valence electrons. The molecule has 2 rings (SSSR count). The van der Waals surface area contributed by atoms with Gasteiger partial charge in [-0.2, -0.15) is 0 Å². The van der Waals surface area contributed by atoms with Gasteiger partial charge in [-0.15, -0.1) is 0 Å². The Bertz CT molecular complexity index is 378. The highest BCUT2D eigenvalue weighted by Gasteiger charge is 2.25. The minimum absolute atomic E-state index is 0.337. The molecule has 1 saturated carbocycles. The molecule has 1 fully saturated rings. The van der Waals surface area contributed by atoms with Crippen molar-refractivity contribution in [3.8, 4) is 0 Å². The smallest absolute Gasteiger partial charge is 0.360 e. The first-order valence-electron chi connectivity index (χ1n) is 5.86. The quantitative estimate of drug-likeness (QED) is 0.739. The second-order valence-electron chi connectivity index (χ2n) is 4.16. The Balaban J connectivity index is 2.17. The summed E-state index contributed by atoms with van der Waals surface area (Å²) in [4.78, 5) is 15.8. The van der Waals surface area contributed by atoms with Crippen molar-refractivity contribution in [3.05, 3.63) is 17.3 Å². The molecule has 0 unspecified atom stereocenters. The minimum atomic E-state index is -0.381. The summed E-state index contributed by atoms with van der Waals surface area (Å²) < 4.78 is 10.5. The van der Waals surface area contributed by atoms with Crippen molar-refractivity contribution in [2.45, 2.75) is 45.4 Å². The Labute approximate surface area is 95.0 Å². The number of hydrogen-bond acceptors (Lipinski definition) is 4. The van der Waals surface area contributed by atoms with Crippen LogP contribution in [0.4, 0.5) is 0 Å². The predicted molar refractivity (Wildman–Crippen MR) is 58.4 cm³/mol. The van der Waals surface area contributed by atoms with Crippen LogP contribution in [0.5, 0.6) is 0 Å². The highest BCUT2D eigenvalue weighted by atomic mass is 16.5. The van der Waals surface area contributed by atoms with Gasteiger partial charge in [0.25, 0.3) is 0 Å². The van der Waals surface area contributed by atoms with E-state index in [9.17, 15) is 4.79 Å². The number of carbonyl (C=O) groups excluding carboxylic acids is 1. The molecule has 1 aromatic heterocycles. The van der Waals surface area contributed by atoms with Crippen LogP contribution in [0.3, 0.4) is 0 Å². The van der Waals surface area contributed by atoms with Crippen molar-refractivity contribution in [2.24, 2.45) is 0 Å². The molecule has 0 spiro atoms. The summed E-state index contributed by atoms with van der Waals surface area (Å²) in [5.74, 6) is 1.29. The van der Waals surface area contributed by atoms with Crippen LogP contribution < -0.4 is 0 Å². The fraction of sp³-hybridized carbons (Fsp3) is 0.667. The number of aromatic nitrogens is 1. The molecule has 0 amide bonds. The van der Waals surface area contributed by atoms with Crippen LogP contribution in [-0.2, 0) is 4.74 Å². The lowest BCUT2D eigenvalue weighted by Crippen LogP contribution is -2.07. The standard InChI is InChI=1S/C12H17NO3/c1-3-15-12(14)10-8(2)16-11(13-10)9-6-4-5-7-9/h9H,3-7H2,1-2H3. The monoisotopic (exact) mass is 223 g/mol. The highest BCUT2D eigenvalue weighted by molar-refractivity contribution is 5.88. The maximum absolute atomic E-state index is 11.5. The number of oxazole rings is 1. The first-order valence-corrected chi connectivity index (χ1v) is 5.86. The molecular formula is C12H17NO3. The molecule has 1 heterocycles. The molecular weight excluding hydrogens is 206 g/mol. The van der Waals surface area contributed by atoms with Gasteiger partial charge in [0.1, 0.15) is 5.76 Å². The first-order chi connectivity index (χ1) is 7.72. The number of rotatable bonds is 3. The number of carbonyl (C=O) groups is 1. The van der Waals surface area contributed by atoms with Crippen molar-refractivity contribution >= 4 is 5.97 Å². The lowest BCUT2D eigenvalue weighted by Gasteiger charge is -2.01. The Kier molecular flexibility index (Phi) is 3.27. The molecule has 0 bridgehead atoms. The topological polar surface area (TPSA) is 52.3 Å². The van der Waals surface area contributed by atoms with Crippen LogP contribution >= 0.6 is 0 Å². The fourth-order valence-corrected chi connectivity index (χ4v) is 2.15. The van der Waals surface area contributed by atoms with E-state index in [2.05, 4.69) is 4.98 Å². The predicted octanol–water partition coefficient (Wildman–Crippen LogP) is 2.82. The van der Waals surface area contributed by atoms with Gasteiger partial charge in [0.15, 0.2) is 11.6 Å². The molecule has 1 aliphatic carbocycles. The maximum atomic E-state index is 11.5. The van der Waals surface area contributed by atoms with E-state index < -0.39 is 0 Å². The number of nitrogens with zero attached hydrogens (tertiary/aromatic N) is 1. The summed E-state index contributed by atoms with van der Waals surface area (Å²) in [6.45, 7) is 3.91. The normalized spacial score (nSPS) is 16.6. The van der Waals surface area contributed by atoms with Gasteiger partial charge in [0.2, 0.25) is 0 Å². The van der Waals surface area contributed by atoms with Crippen LogP contribution in [0.25, 0.3) is 0 Å². The van der Waals surface area contributed by atoms with Crippen molar-refractivity contribution < 1.29 is 13.9 Å². The number of aryl methyl sites for hydroxylation is 1. The summed E-state index contributed by atoms with van der Waals surface area (Å²) in [6.07, 6.45) is 4.67. The fourth-order valence-electron chi connectivity index (χ4n) is 2.15. The number of esters is 1. The van der Waals surface area contributed by atoms with E-state index >= 15 is 0 Å². The molecule has 0 aliphatic heterocycles. The Morgan fingerprint density at radius 3 is 2.81 bits per heavy atom. The molecule has 0 atom stereocenters. The van der Waals surface area contributed by atoms with E-state index in [1.807, 2.05) is 0 Å².